The molecule has 0 heterocycles. The lowest BCUT2D eigenvalue weighted by Gasteiger charge is -2.10. The topological polar surface area (TPSA) is 98.8 Å². The summed E-state index contributed by atoms with van der Waals surface area (Å²) in [6.07, 6.45) is -5.00. The van der Waals surface area contributed by atoms with Gasteiger partial charge in [-0.25, -0.2) is 17.9 Å². The Kier molecular flexibility index (Phi) is 7.57. The summed E-state index contributed by atoms with van der Waals surface area (Å²) in [5.41, 5.74) is -0.167. The molecule has 0 unspecified atom stereocenters. The number of sulfonamides is 1. The lowest BCUT2D eigenvalue weighted by atomic mass is 10.1. The van der Waals surface area contributed by atoms with Gasteiger partial charge in [-0.15, -0.1) is 0 Å². The van der Waals surface area contributed by atoms with Gasteiger partial charge in [-0.05, 0) is 35.9 Å². The van der Waals surface area contributed by atoms with Gasteiger partial charge >= 0.3 is 18.1 Å². The van der Waals surface area contributed by atoms with E-state index in [-0.39, 0.29) is 19.6 Å². The number of methoxy groups -OCH3 is 1. The lowest BCUT2D eigenvalue weighted by molar-refractivity contribution is -0.144. The number of benzene rings is 2. The molecule has 0 radical (unpaired) electrons. The first-order valence-electron chi connectivity index (χ1n) is 8.53. The molecular formula is C19H18F3NO6S. The first-order chi connectivity index (χ1) is 14.0. The highest BCUT2D eigenvalue weighted by Gasteiger charge is 2.31. The number of hydrogen-bond acceptors (Lipinski definition) is 6. The van der Waals surface area contributed by atoms with Crippen LogP contribution < -0.4 is 4.72 Å². The van der Waals surface area contributed by atoms with E-state index < -0.39 is 38.6 Å². The van der Waals surface area contributed by atoms with Crippen LogP contribution in [0.2, 0.25) is 0 Å². The summed E-state index contributed by atoms with van der Waals surface area (Å²) >= 11 is 0. The predicted octanol–water partition coefficient (Wildman–Crippen LogP) is 2.90. The van der Waals surface area contributed by atoms with Crippen LogP contribution in [-0.2, 0) is 37.1 Å². The maximum atomic E-state index is 12.7. The fraction of sp³-hybridized carbons (Fsp3) is 0.263. The minimum Gasteiger partial charge on any atom is -0.465 e. The molecule has 0 aliphatic heterocycles. The molecule has 0 amide bonds. The first-order valence-corrected chi connectivity index (χ1v) is 10.0. The standard InChI is InChI=1S/C19H18F3NO6S/c1-28-18(25)14-7-5-13(6-8-14)12-29-17(24)9-10-23-30(26,27)16-4-2-3-15(11-16)19(20,21)22/h2-8,11,23H,9-10,12H2,1H3. The largest absolute Gasteiger partial charge is 0.465 e. The minimum absolute atomic E-state index is 0.0966. The zero-order valence-corrected chi connectivity index (χ0v) is 16.5. The number of ether oxygens (including phenoxy) is 2. The van der Waals surface area contributed by atoms with Crippen LogP contribution in [0.25, 0.3) is 0 Å². The van der Waals surface area contributed by atoms with Crippen molar-refractivity contribution >= 4 is 22.0 Å². The van der Waals surface area contributed by atoms with Crippen LogP contribution in [0.3, 0.4) is 0 Å². The van der Waals surface area contributed by atoms with Crippen LogP contribution in [0.1, 0.15) is 27.9 Å². The molecule has 11 heteroatoms. The highest BCUT2D eigenvalue weighted by Crippen LogP contribution is 2.30. The van der Waals surface area contributed by atoms with Crippen LogP contribution in [0.5, 0.6) is 0 Å². The second kappa shape index (κ2) is 9.72. The smallest absolute Gasteiger partial charge is 0.416 e. The third-order valence-corrected chi connectivity index (χ3v) is 5.33. The number of alkyl halides is 3. The van der Waals surface area contributed by atoms with Gasteiger partial charge < -0.3 is 9.47 Å². The van der Waals surface area contributed by atoms with Crippen LogP contribution in [0.4, 0.5) is 13.2 Å². The number of carbonyl (C=O) groups is 2. The van der Waals surface area contributed by atoms with E-state index in [0.29, 0.717) is 17.2 Å². The average Bonchev–Trinajstić information content (AvgIpc) is 2.71. The Bertz CT molecular complexity index is 1000. The van der Waals surface area contributed by atoms with Gasteiger partial charge in [0.15, 0.2) is 0 Å². The summed E-state index contributed by atoms with van der Waals surface area (Å²) in [6, 6.07) is 9.40. The van der Waals surface area contributed by atoms with Crippen molar-refractivity contribution in [2.24, 2.45) is 0 Å². The third kappa shape index (κ3) is 6.56. The van der Waals surface area contributed by atoms with Crippen LogP contribution in [-0.4, -0.2) is 34.0 Å². The molecule has 0 aliphatic rings. The predicted molar refractivity (Wildman–Crippen MR) is 98.8 cm³/mol. The number of esters is 2. The summed E-state index contributed by atoms with van der Waals surface area (Å²) < 4.78 is 74.0. The molecule has 2 rings (SSSR count). The van der Waals surface area contributed by atoms with E-state index in [1.54, 1.807) is 12.1 Å². The van der Waals surface area contributed by atoms with Gasteiger partial charge in [0.1, 0.15) is 6.61 Å². The van der Waals surface area contributed by atoms with Gasteiger partial charge in [0.05, 0.1) is 29.6 Å². The molecule has 7 nitrogen and oxygen atoms in total. The van der Waals surface area contributed by atoms with E-state index in [9.17, 15) is 31.2 Å². The van der Waals surface area contributed by atoms with Crippen molar-refractivity contribution in [2.75, 3.05) is 13.7 Å². The first kappa shape index (κ1) is 23.4. The van der Waals surface area contributed by atoms with Gasteiger partial charge in [0.25, 0.3) is 0 Å². The SMILES string of the molecule is COC(=O)c1ccc(COC(=O)CCNS(=O)(=O)c2cccc(C(F)(F)F)c2)cc1. The van der Waals surface area contributed by atoms with Crippen molar-refractivity contribution in [3.63, 3.8) is 0 Å². The summed E-state index contributed by atoms with van der Waals surface area (Å²) in [4.78, 5) is 22.5. The molecule has 0 saturated carbocycles. The van der Waals surface area contributed by atoms with E-state index in [4.69, 9.17) is 4.74 Å². The monoisotopic (exact) mass is 445 g/mol. The lowest BCUT2D eigenvalue weighted by Crippen LogP contribution is -2.27. The Morgan fingerprint density at radius 1 is 1.07 bits per heavy atom. The highest BCUT2D eigenvalue weighted by atomic mass is 32.2. The van der Waals surface area contributed by atoms with Crippen molar-refractivity contribution in [3.05, 3.63) is 65.2 Å². The average molecular weight is 445 g/mol. The molecule has 30 heavy (non-hydrogen) atoms. The number of carbonyl (C=O) groups excluding carboxylic acids is 2. The Morgan fingerprint density at radius 2 is 1.73 bits per heavy atom. The number of hydrogen-bond donors (Lipinski definition) is 1. The fourth-order valence-electron chi connectivity index (χ4n) is 2.30. The summed E-state index contributed by atoms with van der Waals surface area (Å²) in [7, 11) is -2.97. The van der Waals surface area contributed by atoms with Crippen molar-refractivity contribution in [3.8, 4) is 0 Å². The number of halogens is 3. The van der Waals surface area contributed by atoms with Crippen LogP contribution in [0.15, 0.2) is 53.4 Å². The summed E-state index contributed by atoms with van der Waals surface area (Å²) in [5.74, 6) is -1.22. The molecule has 0 atom stereocenters. The van der Waals surface area contributed by atoms with Gasteiger partial charge in [-0.1, -0.05) is 18.2 Å². The highest BCUT2D eigenvalue weighted by molar-refractivity contribution is 7.89. The van der Waals surface area contributed by atoms with E-state index in [1.165, 1.54) is 19.2 Å². The van der Waals surface area contributed by atoms with Crippen molar-refractivity contribution < 1.29 is 40.7 Å². The van der Waals surface area contributed by atoms with Gasteiger partial charge in [-0.2, -0.15) is 13.2 Å². The van der Waals surface area contributed by atoms with Crippen molar-refractivity contribution in [1.29, 1.82) is 0 Å². The van der Waals surface area contributed by atoms with E-state index in [0.717, 1.165) is 18.2 Å². The zero-order chi connectivity index (χ0) is 22.4. The Balaban J connectivity index is 1.84. The maximum Gasteiger partial charge on any atom is 0.416 e. The summed E-state index contributed by atoms with van der Waals surface area (Å²) in [5, 5.41) is 0. The molecule has 0 bridgehead atoms. The Morgan fingerprint density at radius 3 is 2.33 bits per heavy atom. The van der Waals surface area contributed by atoms with Gasteiger partial charge in [0.2, 0.25) is 10.0 Å². The molecule has 0 saturated heterocycles. The van der Waals surface area contributed by atoms with Crippen LogP contribution >= 0.6 is 0 Å². The molecule has 2 aromatic rings. The summed E-state index contributed by atoms with van der Waals surface area (Å²) in [6.45, 7) is -0.445. The van der Waals surface area contributed by atoms with Crippen molar-refractivity contribution in [1.82, 2.24) is 4.72 Å². The molecular weight excluding hydrogens is 427 g/mol. The van der Waals surface area contributed by atoms with E-state index in [1.807, 2.05) is 0 Å². The fourth-order valence-corrected chi connectivity index (χ4v) is 3.38. The molecule has 162 valence electrons. The molecule has 0 aromatic heterocycles. The Labute approximate surface area is 170 Å². The second-order valence-electron chi connectivity index (χ2n) is 6.02. The van der Waals surface area contributed by atoms with E-state index in [2.05, 4.69) is 9.46 Å². The maximum absolute atomic E-state index is 12.7. The zero-order valence-electron chi connectivity index (χ0n) is 15.7. The quantitative estimate of drug-likeness (QED) is 0.628. The molecule has 0 aliphatic carbocycles. The Hall–Kier alpha value is -2.92. The van der Waals surface area contributed by atoms with Crippen molar-refractivity contribution in [2.45, 2.75) is 24.1 Å². The molecule has 0 fully saturated rings. The molecule has 0 spiro atoms. The molecule has 2 aromatic carbocycles. The second-order valence-corrected chi connectivity index (χ2v) is 7.79. The van der Waals surface area contributed by atoms with E-state index >= 15 is 0 Å². The minimum atomic E-state index is -4.68. The number of nitrogens with one attached hydrogen (secondary N) is 1. The number of rotatable bonds is 8. The van der Waals surface area contributed by atoms with Gasteiger partial charge in [-0.3, -0.25) is 4.79 Å². The third-order valence-electron chi connectivity index (χ3n) is 3.87. The normalized spacial score (nSPS) is 11.7. The van der Waals surface area contributed by atoms with Crippen LogP contribution in [0, 0.1) is 0 Å². The molecule has 1 N–H and O–H groups in total. The van der Waals surface area contributed by atoms with Gasteiger partial charge in [0, 0.05) is 6.54 Å².